The third kappa shape index (κ3) is 2.66. The zero-order chi connectivity index (χ0) is 11.5. The standard InChI is InChI=1S/C11H14N2O2S/c1-7-12-10(6-16-7)11(15)13-8-2-4-9(14)5-3-8/h6,8H,2-5H2,1H3,(H,13,15). The van der Waals surface area contributed by atoms with Crippen molar-refractivity contribution in [1.29, 1.82) is 0 Å². The normalized spacial score (nSPS) is 17.4. The molecule has 86 valence electrons. The Kier molecular flexibility index (Phi) is 3.33. The highest BCUT2D eigenvalue weighted by Gasteiger charge is 2.21. The lowest BCUT2D eigenvalue weighted by Gasteiger charge is -2.21. The fourth-order valence-electron chi connectivity index (χ4n) is 1.81. The van der Waals surface area contributed by atoms with E-state index in [0.29, 0.717) is 24.3 Å². The molecular formula is C11H14N2O2S. The zero-order valence-electron chi connectivity index (χ0n) is 9.16. The molecule has 1 N–H and O–H groups in total. The average Bonchev–Trinajstić information content (AvgIpc) is 2.68. The van der Waals surface area contributed by atoms with Crippen LogP contribution in [-0.2, 0) is 4.79 Å². The van der Waals surface area contributed by atoms with Crippen LogP contribution < -0.4 is 5.32 Å². The van der Waals surface area contributed by atoms with Gasteiger partial charge in [0.1, 0.15) is 11.5 Å². The Bertz CT molecular complexity index is 404. The maximum absolute atomic E-state index is 11.8. The molecule has 1 saturated carbocycles. The van der Waals surface area contributed by atoms with Crippen LogP contribution in [0.5, 0.6) is 0 Å². The van der Waals surface area contributed by atoms with Crippen molar-refractivity contribution in [3.05, 3.63) is 16.1 Å². The molecule has 0 bridgehead atoms. The minimum Gasteiger partial charge on any atom is -0.348 e. The van der Waals surface area contributed by atoms with Crippen molar-refractivity contribution in [2.45, 2.75) is 38.6 Å². The summed E-state index contributed by atoms with van der Waals surface area (Å²) >= 11 is 1.47. The van der Waals surface area contributed by atoms with Gasteiger partial charge < -0.3 is 5.32 Å². The van der Waals surface area contributed by atoms with E-state index in [-0.39, 0.29) is 11.9 Å². The number of aromatic nitrogens is 1. The maximum atomic E-state index is 11.8. The summed E-state index contributed by atoms with van der Waals surface area (Å²) in [6, 6.07) is 0.132. The molecule has 16 heavy (non-hydrogen) atoms. The van der Waals surface area contributed by atoms with Crippen molar-refractivity contribution in [3.8, 4) is 0 Å². The molecule has 1 aliphatic rings. The molecule has 0 aliphatic heterocycles. The first kappa shape index (κ1) is 11.3. The molecule has 1 aromatic rings. The summed E-state index contributed by atoms with van der Waals surface area (Å²) in [6.07, 6.45) is 2.68. The molecule has 1 fully saturated rings. The Labute approximate surface area is 98.1 Å². The second kappa shape index (κ2) is 4.74. The van der Waals surface area contributed by atoms with E-state index in [2.05, 4.69) is 10.3 Å². The van der Waals surface area contributed by atoms with E-state index in [9.17, 15) is 9.59 Å². The van der Waals surface area contributed by atoms with Gasteiger partial charge in [-0.15, -0.1) is 11.3 Å². The lowest BCUT2D eigenvalue weighted by atomic mass is 9.94. The van der Waals surface area contributed by atoms with Gasteiger partial charge in [-0.1, -0.05) is 0 Å². The first-order valence-corrected chi connectivity index (χ1v) is 6.28. The van der Waals surface area contributed by atoms with Crippen LogP contribution in [-0.4, -0.2) is 22.7 Å². The van der Waals surface area contributed by atoms with Gasteiger partial charge in [0.15, 0.2) is 0 Å². The van der Waals surface area contributed by atoms with E-state index in [4.69, 9.17) is 0 Å². The molecule has 0 radical (unpaired) electrons. The number of hydrogen-bond acceptors (Lipinski definition) is 4. The van der Waals surface area contributed by atoms with Crippen LogP contribution in [0.4, 0.5) is 0 Å². The number of thiazole rings is 1. The van der Waals surface area contributed by atoms with Crippen LogP contribution in [0.15, 0.2) is 5.38 Å². The fraction of sp³-hybridized carbons (Fsp3) is 0.545. The minimum atomic E-state index is -0.122. The molecule has 0 unspecified atom stereocenters. The summed E-state index contributed by atoms with van der Waals surface area (Å²) in [7, 11) is 0. The molecule has 0 aromatic carbocycles. The molecule has 1 aromatic heterocycles. The lowest BCUT2D eigenvalue weighted by Crippen LogP contribution is -2.37. The highest BCUT2D eigenvalue weighted by molar-refractivity contribution is 7.09. The monoisotopic (exact) mass is 238 g/mol. The molecule has 0 spiro atoms. The molecule has 1 heterocycles. The predicted octanol–water partition coefficient (Wildman–Crippen LogP) is 1.69. The number of ketones is 1. The minimum absolute atomic E-state index is 0.122. The molecular weight excluding hydrogens is 224 g/mol. The predicted molar refractivity (Wildman–Crippen MR) is 61.6 cm³/mol. The molecule has 0 atom stereocenters. The highest BCUT2D eigenvalue weighted by atomic mass is 32.1. The summed E-state index contributed by atoms with van der Waals surface area (Å²) in [4.78, 5) is 26.9. The van der Waals surface area contributed by atoms with E-state index < -0.39 is 0 Å². The van der Waals surface area contributed by atoms with Crippen LogP contribution in [0.25, 0.3) is 0 Å². The third-order valence-electron chi connectivity index (χ3n) is 2.73. The number of Topliss-reactive ketones (excluding diaryl/α,β-unsaturated/α-hetero) is 1. The number of carbonyl (C=O) groups is 2. The number of amides is 1. The van der Waals surface area contributed by atoms with E-state index in [1.54, 1.807) is 5.38 Å². The third-order valence-corrected chi connectivity index (χ3v) is 3.50. The van der Waals surface area contributed by atoms with Gasteiger partial charge in [0.2, 0.25) is 0 Å². The summed E-state index contributed by atoms with van der Waals surface area (Å²) in [6.45, 7) is 1.88. The fourth-order valence-corrected chi connectivity index (χ4v) is 2.40. The topological polar surface area (TPSA) is 59.1 Å². The van der Waals surface area contributed by atoms with E-state index in [1.165, 1.54) is 11.3 Å². The van der Waals surface area contributed by atoms with Gasteiger partial charge in [0.05, 0.1) is 5.01 Å². The van der Waals surface area contributed by atoms with Gasteiger partial charge in [-0.25, -0.2) is 4.98 Å². The second-order valence-corrected chi connectivity index (χ2v) is 5.10. The Morgan fingerprint density at radius 3 is 2.75 bits per heavy atom. The number of carbonyl (C=O) groups excluding carboxylic acids is 2. The van der Waals surface area contributed by atoms with Crippen LogP contribution >= 0.6 is 11.3 Å². The quantitative estimate of drug-likeness (QED) is 0.853. The molecule has 1 amide bonds. The second-order valence-electron chi connectivity index (χ2n) is 4.04. The smallest absolute Gasteiger partial charge is 0.270 e. The number of aryl methyl sites for hydroxylation is 1. The first-order valence-electron chi connectivity index (χ1n) is 5.40. The summed E-state index contributed by atoms with van der Waals surface area (Å²) in [5.74, 6) is 0.179. The Balaban J connectivity index is 1.90. The van der Waals surface area contributed by atoms with Gasteiger partial charge in [0, 0.05) is 24.3 Å². The molecule has 0 saturated heterocycles. The molecule has 1 aliphatic carbocycles. The number of nitrogens with zero attached hydrogens (tertiary/aromatic N) is 1. The van der Waals surface area contributed by atoms with Crippen molar-refractivity contribution in [2.75, 3.05) is 0 Å². The maximum Gasteiger partial charge on any atom is 0.270 e. The average molecular weight is 238 g/mol. The summed E-state index contributed by atoms with van der Waals surface area (Å²) < 4.78 is 0. The molecule has 2 rings (SSSR count). The van der Waals surface area contributed by atoms with E-state index in [0.717, 1.165) is 17.8 Å². The van der Waals surface area contributed by atoms with Gasteiger partial charge in [-0.05, 0) is 19.8 Å². The number of nitrogens with one attached hydrogen (secondary N) is 1. The number of hydrogen-bond donors (Lipinski definition) is 1. The first-order chi connectivity index (χ1) is 7.65. The SMILES string of the molecule is Cc1nc(C(=O)NC2CCC(=O)CC2)cs1. The van der Waals surface area contributed by atoms with Crippen molar-refractivity contribution in [3.63, 3.8) is 0 Å². The van der Waals surface area contributed by atoms with Crippen molar-refractivity contribution >= 4 is 23.0 Å². The summed E-state index contributed by atoms with van der Waals surface area (Å²) in [5, 5.41) is 5.58. The van der Waals surface area contributed by atoms with Crippen LogP contribution in [0, 0.1) is 6.92 Å². The molecule has 4 nitrogen and oxygen atoms in total. The van der Waals surface area contributed by atoms with E-state index in [1.807, 2.05) is 6.92 Å². The number of rotatable bonds is 2. The van der Waals surface area contributed by atoms with Gasteiger partial charge in [0.25, 0.3) is 5.91 Å². The van der Waals surface area contributed by atoms with Crippen molar-refractivity contribution < 1.29 is 9.59 Å². The summed E-state index contributed by atoms with van der Waals surface area (Å²) in [5.41, 5.74) is 0.486. The Hall–Kier alpha value is -1.23. The molecule has 5 heteroatoms. The highest BCUT2D eigenvalue weighted by Crippen LogP contribution is 2.15. The lowest BCUT2D eigenvalue weighted by molar-refractivity contribution is -0.120. The van der Waals surface area contributed by atoms with Gasteiger partial charge in [-0.3, -0.25) is 9.59 Å². The van der Waals surface area contributed by atoms with Crippen molar-refractivity contribution in [1.82, 2.24) is 10.3 Å². The van der Waals surface area contributed by atoms with Gasteiger partial charge >= 0.3 is 0 Å². The Morgan fingerprint density at radius 1 is 1.50 bits per heavy atom. The van der Waals surface area contributed by atoms with Crippen LogP contribution in [0.1, 0.15) is 41.2 Å². The van der Waals surface area contributed by atoms with E-state index >= 15 is 0 Å². The zero-order valence-corrected chi connectivity index (χ0v) is 9.97. The largest absolute Gasteiger partial charge is 0.348 e. The van der Waals surface area contributed by atoms with Crippen LogP contribution in [0.2, 0.25) is 0 Å². The van der Waals surface area contributed by atoms with Crippen LogP contribution in [0.3, 0.4) is 0 Å². The van der Waals surface area contributed by atoms with Crippen molar-refractivity contribution in [2.24, 2.45) is 0 Å². The Morgan fingerprint density at radius 2 is 2.19 bits per heavy atom. The van der Waals surface area contributed by atoms with Gasteiger partial charge in [-0.2, -0.15) is 0 Å².